The van der Waals surface area contributed by atoms with Crippen LogP contribution in [0.4, 0.5) is 11.4 Å². The Morgan fingerprint density at radius 1 is 1.07 bits per heavy atom. The molecule has 2 nitrogen and oxygen atoms in total. The van der Waals surface area contributed by atoms with Gasteiger partial charge in [-0.05, 0) is 30.5 Å². The van der Waals surface area contributed by atoms with E-state index in [-0.39, 0.29) is 0 Å². The van der Waals surface area contributed by atoms with Gasteiger partial charge in [0.1, 0.15) is 0 Å². The largest absolute Gasteiger partial charge is 0.382 e. The van der Waals surface area contributed by atoms with Crippen LogP contribution >= 0.6 is 0 Å². The second kappa shape index (κ2) is 5.06. The number of benzene rings is 1. The van der Waals surface area contributed by atoms with Gasteiger partial charge < -0.3 is 10.6 Å². The van der Waals surface area contributed by atoms with E-state index in [4.69, 9.17) is 0 Å². The predicted octanol–water partition coefficient (Wildman–Crippen LogP) is 3.26. The Kier molecular flexibility index (Phi) is 3.49. The molecule has 82 valence electrons. The van der Waals surface area contributed by atoms with E-state index < -0.39 is 0 Å². The predicted molar refractivity (Wildman–Crippen MR) is 66.7 cm³/mol. The third-order valence-electron chi connectivity index (χ3n) is 2.91. The molecule has 1 aliphatic heterocycles. The SMILES string of the molecule is CCCCCc1ccc2c(c1)NCCN2. The van der Waals surface area contributed by atoms with Gasteiger partial charge in [-0.3, -0.25) is 0 Å². The summed E-state index contributed by atoms with van der Waals surface area (Å²) in [4.78, 5) is 0. The Balaban J connectivity index is 2.00. The van der Waals surface area contributed by atoms with Gasteiger partial charge in [0.05, 0.1) is 11.4 Å². The van der Waals surface area contributed by atoms with Gasteiger partial charge in [0.15, 0.2) is 0 Å². The van der Waals surface area contributed by atoms with Crippen molar-refractivity contribution in [3.8, 4) is 0 Å². The lowest BCUT2D eigenvalue weighted by Gasteiger charge is -2.20. The van der Waals surface area contributed by atoms with Crippen LogP contribution in [0.1, 0.15) is 31.7 Å². The molecule has 0 saturated heterocycles. The highest BCUT2D eigenvalue weighted by atomic mass is 15.0. The van der Waals surface area contributed by atoms with Crippen molar-refractivity contribution in [2.75, 3.05) is 23.7 Å². The quantitative estimate of drug-likeness (QED) is 0.736. The van der Waals surface area contributed by atoms with Crippen molar-refractivity contribution >= 4 is 11.4 Å². The molecule has 0 fully saturated rings. The fourth-order valence-corrected chi connectivity index (χ4v) is 2.02. The summed E-state index contributed by atoms with van der Waals surface area (Å²) < 4.78 is 0. The monoisotopic (exact) mass is 204 g/mol. The molecule has 1 heterocycles. The zero-order valence-corrected chi connectivity index (χ0v) is 9.47. The maximum Gasteiger partial charge on any atom is 0.0579 e. The molecule has 1 aliphatic rings. The molecule has 0 spiro atoms. The molecule has 0 saturated carbocycles. The van der Waals surface area contributed by atoms with Crippen LogP contribution in [-0.4, -0.2) is 13.1 Å². The van der Waals surface area contributed by atoms with Gasteiger partial charge in [-0.2, -0.15) is 0 Å². The van der Waals surface area contributed by atoms with E-state index in [0.717, 1.165) is 13.1 Å². The van der Waals surface area contributed by atoms with Crippen LogP contribution in [-0.2, 0) is 6.42 Å². The van der Waals surface area contributed by atoms with Crippen LogP contribution in [0.2, 0.25) is 0 Å². The van der Waals surface area contributed by atoms with Crippen molar-refractivity contribution in [3.05, 3.63) is 23.8 Å². The van der Waals surface area contributed by atoms with Crippen LogP contribution in [0, 0.1) is 0 Å². The van der Waals surface area contributed by atoms with Gasteiger partial charge in [-0.1, -0.05) is 25.8 Å². The molecule has 2 heteroatoms. The van der Waals surface area contributed by atoms with Crippen molar-refractivity contribution in [3.63, 3.8) is 0 Å². The van der Waals surface area contributed by atoms with Crippen molar-refractivity contribution in [2.24, 2.45) is 0 Å². The first-order valence-electron chi connectivity index (χ1n) is 6.01. The third-order valence-corrected chi connectivity index (χ3v) is 2.91. The molecule has 0 amide bonds. The number of anilines is 2. The smallest absolute Gasteiger partial charge is 0.0579 e. The van der Waals surface area contributed by atoms with Gasteiger partial charge in [0.2, 0.25) is 0 Å². The summed E-state index contributed by atoms with van der Waals surface area (Å²) in [5, 5.41) is 6.83. The minimum atomic E-state index is 1.03. The van der Waals surface area contributed by atoms with Gasteiger partial charge in [0, 0.05) is 13.1 Å². The van der Waals surface area contributed by atoms with E-state index in [2.05, 4.69) is 35.8 Å². The van der Waals surface area contributed by atoms with E-state index >= 15 is 0 Å². The molecule has 0 atom stereocenters. The number of rotatable bonds is 4. The molecule has 0 unspecified atom stereocenters. The summed E-state index contributed by atoms with van der Waals surface area (Å²) >= 11 is 0. The normalized spacial score (nSPS) is 13.9. The van der Waals surface area contributed by atoms with Crippen LogP contribution in [0.15, 0.2) is 18.2 Å². The second-order valence-corrected chi connectivity index (χ2v) is 4.19. The molecule has 0 bridgehead atoms. The topological polar surface area (TPSA) is 24.1 Å². The Morgan fingerprint density at radius 2 is 1.87 bits per heavy atom. The van der Waals surface area contributed by atoms with Crippen molar-refractivity contribution < 1.29 is 0 Å². The van der Waals surface area contributed by atoms with Crippen molar-refractivity contribution in [1.82, 2.24) is 0 Å². The fourth-order valence-electron chi connectivity index (χ4n) is 2.02. The molecular weight excluding hydrogens is 184 g/mol. The molecule has 15 heavy (non-hydrogen) atoms. The molecule has 2 rings (SSSR count). The summed E-state index contributed by atoms with van der Waals surface area (Å²) in [6.45, 7) is 4.31. The second-order valence-electron chi connectivity index (χ2n) is 4.19. The summed E-state index contributed by atoms with van der Waals surface area (Å²) in [6, 6.07) is 6.73. The molecule has 1 aromatic carbocycles. The maximum absolute atomic E-state index is 3.43. The molecule has 0 aliphatic carbocycles. The highest BCUT2D eigenvalue weighted by Gasteiger charge is 2.07. The Labute approximate surface area is 92.1 Å². The summed E-state index contributed by atoms with van der Waals surface area (Å²) in [7, 11) is 0. The van der Waals surface area contributed by atoms with E-state index in [1.54, 1.807) is 0 Å². The van der Waals surface area contributed by atoms with Crippen LogP contribution < -0.4 is 10.6 Å². The number of hydrogen-bond donors (Lipinski definition) is 2. The molecular formula is C13H20N2. The minimum Gasteiger partial charge on any atom is -0.382 e. The molecule has 1 aromatic rings. The Morgan fingerprint density at radius 3 is 2.67 bits per heavy atom. The van der Waals surface area contributed by atoms with Crippen molar-refractivity contribution in [2.45, 2.75) is 32.6 Å². The van der Waals surface area contributed by atoms with Gasteiger partial charge in [-0.25, -0.2) is 0 Å². The number of unbranched alkanes of at least 4 members (excludes halogenated alkanes) is 2. The van der Waals surface area contributed by atoms with Crippen LogP contribution in [0.5, 0.6) is 0 Å². The number of fused-ring (bicyclic) bond motifs is 1. The van der Waals surface area contributed by atoms with Gasteiger partial charge in [-0.15, -0.1) is 0 Å². The Bertz CT molecular complexity index is 320. The minimum absolute atomic E-state index is 1.03. The maximum atomic E-state index is 3.43. The number of hydrogen-bond acceptors (Lipinski definition) is 2. The van der Waals surface area contributed by atoms with E-state index in [1.165, 1.54) is 42.6 Å². The van der Waals surface area contributed by atoms with Gasteiger partial charge >= 0.3 is 0 Å². The average molecular weight is 204 g/mol. The molecule has 0 radical (unpaired) electrons. The zero-order valence-electron chi connectivity index (χ0n) is 9.47. The van der Waals surface area contributed by atoms with Gasteiger partial charge in [0.25, 0.3) is 0 Å². The average Bonchev–Trinajstić information content (AvgIpc) is 2.29. The number of nitrogens with one attached hydrogen (secondary N) is 2. The highest BCUT2D eigenvalue weighted by molar-refractivity contribution is 5.71. The summed E-state index contributed by atoms with van der Waals surface area (Å²) in [6.07, 6.45) is 5.15. The molecule has 0 aromatic heterocycles. The number of aryl methyl sites for hydroxylation is 1. The molecule has 2 N–H and O–H groups in total. The highest BCUT2D eigenvalue weighted by Crippen LogP contribution is 2.25. The summed E-state index contributed by atoms with van der Waals surface area (Å²) in [5.74, 6) is 0. The fraction of sp³-hybridized carbons (Fsp3) is 0.538. The van der Waals surface area contributed by atoms with E-state index in [0.29, 0.717) is 0 Å². The van der Waals surface area contributed by atoms with Crippen LogP contribution in [0.3, 0.4) is 0 Å². The standard InChI is InChI=1S/C13H20N2/c1-2-3-4-5-11-6-7-12-13(10-11)15-9-8-14-12/h6-7,10,14-15H,2-5,8-9H2,1H3. The lowest BCUT2D eigenvalue weighted by Crippen LogP contribution is -2.20. The van der Waals surface area contributed by atoms with Crippen molar-refractivity contribution in [1.29, 1.82) is 0 Å². The first-order valence-corrected chi connectivity index (χ1v) is 6.01. The van der Waals surface area contributed by atoms with Crippen LogP contribution in [0.25, 0.3) is 0 Å². The first-order chi connectivity index (χ1) is 7.40. The Hall–Kier alpha value is -1.18. The summed E-state index contributed by atoms with van der Waals surface area (Å²) in [5.41, 5.74) is 3.98. The third kappa shape index (κ3) is 2.65. The van der Waals surface area contributed by atoms with E-state index in [9.17, 15) is 0 Å². The first kappa shape index (κ1) is 10.3. The zero-order chi connectivity index (χ0) is 10.5. The lowest BCUT2D eigenvalue weighted by molar-refractivity contribution is 0.717. The lowest BCUT2D eigenvalue weighted by atomic mass is 10.1. The van der Waals surface area contributed by atoms with E-state index in [1.807, 2.05) is 0 Å².